The van der Waals surface area contributed by atoms with Crippen LogP contribution in [0.3, 0.4) is 0 Å². The van der Waals surface area contributed by atoms with E-state index in [-0.39, 0.29) is 11.4 Å². The molecule has 304 valence electrons. The van der Waals surface area contributed by atoms with E-state index in [2.05, 4.69) is 10.2 Å². The van der Waals surface area contributed by atoms with Gasteiger partial charge in [-0.1, -0.05) is 80.9 Å². The Morgan fingerprint density at radius 3 is 1.19 bits per heavy atom. The van der Waals surface area contributed by atoms with Crippen molar-refractivity contribution in [2.75, 3.05) is 20.5 Å². The molecule has 59 heavy (non-hydrogen) atoms. The molecule has 0 spiro atoms. The molecule has 2 aliphatic heterocycles. The number of non-ortho nitro benzene ring substituents is 2. The van der Waals surface area contributed by atoms with Gasteiger partial charge in [0.05, 0.1) is 31.3 Å². The molecule has 0 unspecified atom stereocenters. The van der Waals surface area contributed by atoms with Crippen molar-refractivity contribution in [2.45, 2.75) is 13.8 Å². The Morgan fingerprint density at radius 2 is 0.864 bits per heavy atom. The fourth-order valence-corrected chi connectivity index (χ4v) is 7.00. The van der Waals surface area contributed by atoms with Crippen molar-refractivity contribution in [3.63, 3.8) is 0 Å². The third-order valence-corrected chi connectivity index (χ3v) is 9.73. The van der Waals surface area contributed by atoms with Crippen LogP contribution in [0.5, 0.6) is 0 Å². The van der Waals surface area contributed by atoms with Crippen LogP contribution in [0.25, 0.3) is 21.5 Å². The van der Waals surface area contributed by atoms with Gasteiger partial charge in [-0.2, -0.15) is 10.9 Å². The van der Waals surface area contributed by atoms with Gasteiger partial charge in [0, 0.05) is 80.1 Å². The standard InChI is InChI=1S/2C18H13Cl2N5O2.H2O4S/c2*1-11-21-23(12-5-7-13(8-6-12)25(26)27)24(22-11)17-4-2-3-14-15(19)9-10-16(20)18(14)17;1-5(2,3)4/h2*2-10H,1H3,(H,21,22);(H2,1,2,3,4). The summed E-state index contributed by atoms with van der Waals surface area (Å²) in [7, 11) is -5.17. The number of benzene rings is 6. The highest BCUT2D eigenvalue weighted by Gasteiger charge is 2.32. The monoisotopic (exact) mass is 900 g/mol. The number of nitrogens with zero attached hydrogens (tertiary/aromatic N) is 8. The summed E-state index contributed by atoms with van der Waals surface area (Å²) in [6.07, 6.45) is 0. The number of amidine groups is 2. The predicted molar refractivity (Wildman–Crippen MR) is 225 cm³/mol. The van der Waals surface area contributed by atoms with E-state index in [4.69, 9.17) is 63.9 Å². The summed E-state index contributed by atoms with van der Waals surface area (Å²) >= 11 is 25.6. The number of nitro benzene ring substituents is 2. The van der Waals surface area contributed by atoms with Crippen LogP contribution in [0.4, 0.5) is 34.1 Å². The Morgan fingerprint density at radius 1 is 0.542 bits per heavy atom. The molecule has 0 aromatic heterocycles. The molecule has 0 radical (unpaired) electrons. The second kappa shape index (κ2) is 17.5. The van der Waals surface area contributed by atoms with Gasteiger partial charge in [0.15, 0.2) is 0 Å². The third kappa shape index (κ3) is 9.71. The molecule has 0 fully saturated rings. The Bertz CT molecular complexity index is 2600. The van der Waals surface area contributed by atoms with Gasteiger partial charge >= 0.3 is 0 Å². The first-order valence-electron chi connectivity index (χ1n) is 16.8. The molecule has 0 saturated heterocycles. The molecule has 2 heterocycles. The zero-order valence-electron chi connectivity index (χ0n) is 30.3. The molecule has 0 atom stereocenters. The largest absolute Gasteiger partial charge is 0.759 e. The number of hydrogen-bond acceptors (Lipinski definition) is 14. The van der Waals surface area contributed by atoms with Gasteiger partial charge < -0.3 is 9.11 Å². The minimum absolute atomic E-state index is 0.0224. The molecule has 4 N–H and O–H groups in total. The lowest BCUT2D eigenvalue weighted by atomic mass is 10.1. The molecule has 18 nitrogen and oxygen atoms in total. The number of rotatable bonds is 6. The molecular formula is C36H28Cl4N10O8S. The first-order valence-corrected chi connectivity index (χ1v) is 19.6. The number of quaternary nitrogens is 2. The van der Waals surface area contributed by atoms with Crippen LogP contribution >= 0.6 is 46.4 Å². The molecule has 0 amide bonds. The number of fused-ring (bicyclic) bond motifs is 2. The maximum Gasteiger partial charge on any atom is 0.269 e. The Balaban J connectivity index is 0.000000178. The molecule has 23 heteroatoms. The molecular weight excluding hydrogens is 874 g/mol. The summed E-state index contributed by atoms with van der Waals surface area (Å²) in [6.45, 7) is 3.75. The third-order valence-electron chi connectivity index (χ3n) is 8.44. The van der Waals surface area contributed by atoms with Crippen LogP contribution in [0.15, 0.2) is 119 Å². The van der Waals surface area contributed by atoms with Gasteiger partial charge in [-0.25, -0.2) is 0 Å². The van der Waals surface area contributed by atoms with E-state index < -0.39 is 20.2 Å². The van der Waals surface area contributed by atoms with E-state index in [0.717, 1.165) is 44.6 Å². The minimum Gasteiger partial charge on any atom is -0.759 e. The van der Waals surface area contributed by atoms with Crippen molar-refractivity contribution in [3.8, 4) is 0 Å². The molecule has 8 rings (SSSR count). The Labute approximate surface area is 354 Å². The smallest absolute Gasteiger partial charge is 0.269 e. The predicted octanol–water partition coefficient (Wildman–Crippen LogP) is 6.88. The summed E-state index contributed by atoms with van der Waals surface area (Å²) in [5, 5.41) is 43.6. The van der Waals surface area contributed by atoms with E-state index >= 15 is 0 Å². The first-order chi connectivity index (χ1) is 27.9. The lowest BCUT2D eigenvalue weighted by molar-refractivity contribution is -0.547. The fourth-order valence-electron chi connectivity index (χ4n) is 6.03. The summed E-state index contributed by atoms with van der Waals surface area (Å²) in [5.41, 5.74) is 6.76. The highest BCUT2D eigenvalue weighted by atomic mass is 35.5. The number of nitro groups is 2. The number of halogens is 4. The molecule has 0 bridgehead atoms. The number of anilines is 4. The van der Waals surface area contributed by atoms with Gasteiger partial charge in [-0.3, -0.25) is 28.6 Å². The number of hydrazine groups is 2. The van der Waals surface area contributed by atoms with E-state index in [9.17, 15) is 20.2 Å². The summed E-state index contributed by atoms with van der Waals surface area (Å²) in [6, 6.07) is 30.9. The van der Waals surface area contributed by atoms with Gasteiger partial charge in [0.1, 0.15) is 11.4 Å². The number of hydrogen-bond donors (Lipinski definition) is 2. The summed E-state index contributed by atoms with van der Waals surface area (Å²) in [5.74, 6) is 1.56. The topological polar surface area (TPSA) is 237 Å². The molecule has 2 aliphatic rings. The fraction of sp³-hybridized carbons (Fsp3) is 0.0556. The van der Waals surface area contributed by atoms with Crippen LogP contribution in [0, 0.1) is 20.2 Å². The quantitative estimate of drug-likeness (QED) is 0.0572. The van der Waals surface area contributed by atoms with Crippen molar-refractivity contribution < 1.29 is 38.2 Å². The Hall–Kier alpha value is -5.87. The summed E-state index contributed by atoms with van der Waals surface area (Å²) < 4.78 is 34.1. The number of nitrogens with two attached hydrogens (primary N) is 2. The SMILES string of the molecule is CC1=NN(c2ccc([N+](=O)[O-])cc2)N(c2cccc3c(Cl)ccc(Cl)c23)[NH2+]1.CC1=NN(c2ccc([N+](=O)[O-])cc2)N(c2cccc3c(Cl)ccc(Cl)c23)[NH2+]1.O=S(=O)([O-])[O-]. The van der Waals surface area contributed by atoms with E-state index in [1.165, 1.54) is 24.3 Å². The van der Waals surface area contributed by atoms with Crippen molar-refractivity contribution in [3.05, 3.63) is 150 Å². The van der Waals surface area contributed by atoms with Gasteiger partial charge in [-0.05, 0) is 60.7 Å². The average Bonchev–Trinajstić information content (AvgIpc) is 3.79. The van der Waals surface area contributed by atoms with Crippen LogP contribution in [0.2, 0.25) is 20.1 Å². The van der Waals surface area contributed by atoms with Crippen molar-refractivity contribution in [2.24, 2.45) is 10.2 Å². The van der Waals surface area contributed by atoms with Crippen molar-refractivity contribution in [1.82, 2.24) is 0 Å². The van der Waals surface area contributed by atoms with E-state index in [0.29, 0.717) is 31.5 Å². The van der Waals surface area contributed by atoms with Gasteiger partial charge in [-0.15, -0.1) is 20.5 Å². The van der Waals surface area contributed by atoms with Gasteiger partial charge in [0.25, 0.3) is 11.4 Å². The zero-order chi connectivity index (χ0) is 42.8. The molecule has 0 aliphatic carbocycles. The van der Waals surface area contributed by atoms with Crippen molar-refractivity contribution in [1.29, 1.82) is 0 Å². The molecule has 6 aromatic carbocycles. The Kier molecular flexibility index (Phi) is 12.7. The highest BCUT2D eigenvalue weighted by molar-refractivity contribution is 7.79. The maximum atomic E-state index is 10.9. The van der Waals surface area contributed by atoms with E-state index in [1.807, 2.05) is 71.3 Å². The lowest BCUT2D eigenvalue weighted by Gasteiger charge is -2.25. The second-order valence-electron chi connectivity index (χ2n) is 12.4. The van der Waals surface area contributed by atoms with Gasteiger partial charge in [0.2, 0.25) is 11.7 Å². The maximum absolute atomic E-state index is 10.9. The summed E-state index contributed by atoms with van der Waals surface area (Å²) in [4.78, 5) is 21.0. The van der Waals surface area contributed by atoms with Crippen molar-refractivity contribution >= 4 is 124 Å². The lowest BCUT2D eigenvalue weighted by Crippen LogP contribution is -2.96. The second-order valence-corrected chi connectivity index (χ2v) is 14.9. The normalized spacial score (nSPS) is 13.8. The molecule has 0 saturated carbocycles. The van der Waals surface area contributed by atoms with E-state index in [1.54, 1.807) is 58.8 Å². The van der Waals surface area contributed by atoms with Crippen LogP contribution in [-0.2, 0) is 10.4 Å². The minimum atomic E-state index is -5.17. The number of hydrazone groups is 2. The average molecular weight is 903 g/mol. The highest BCUT2D eigenvalue weighted by Crippen LogP contribution is 2.39. The zero-order valence-corrected chi connectivity index (χ0v) is 34.2. The first kappa shape index (κ1) is 42.7. The van der Waals surface area contributed by atoms with Crippen LogP contribution in [-0.4, -0.2) is 39.0 Å². The van der Waals surface area contributed by atoms with Crippen LogP contribution < -0.4 is 31.3 Å². The molecule has 6 aromatic rings. The van der Waals surface area contributed by atoms with Crippen LogP contribution in [0.1, 0.15) is 13.8 Å².